The molecule has 1 atom stereocenters. The number of fused-ring (bicyclic) bond motifs is 2. The van der Waals surface area contributed by atoms with Crippen LogP contribution in [-0.4, -0.2) is 44.7 Å². The Hall–Kier alpha value is -2.98. The van der Waals surface area contributed by atoms with Gasteiger partial charge in [0.15, 0.2) is 0 Å². The second-order valence-corrected chi connectivity index (χ2v) is 9.49. The number of benzene rings is 3. The fourth-order valence-electron chi connectivity index (χ4n) is 5.23. The quantitative estimate of drug-likeness (QED) is 0.456. The van der Waals surface area contributed by atoms with Crippen molar-refractivity contribution in [2.75, 3.05) is 43.5 Å². The molecule has 0 amide bonds. The number of likely N-dealkylation sites (tertiary alicyclic amines) is 1. The predicted octanol–water partition coefficient (Wildman–Crippen LogP) is 5.88. The van der Waals surface area contributed by atoms with Crippen LogP contribution in [0.2, 0.25) is 0 Å². The number of hydrogen-bond acceptors (Lipinski definition) is 4. The molecule has 0 unspecified atom stereocenters. The Kier molecular flexibility index (Phi) is 6.54. The van der Waals surface area contributed by atoms with E-state index in [0.29, 0.717) is 12.6 Å². The molecule has 4 heteroatoms. The first-order chi connectivity index (χ1) is 16.2. The molecule has 2 aliphatic rings. The third-order valence-electron chi connectivity index (χ3n) is 7.08. The highest BCUT2D eigenvalue weighted by Crippen LogP contribution is 2.40. The van der Waals surface area contributed by atoms with Crippen LogP contribution in [-0.2, 0) is 13.0 Å². The van der Waals surface area contributed by atoms with E-state index in [2.05, 4.69) is 102 Å². The molecule has 0 N–H and O–H groups in total. The molecule has 0 aliphatic carbocycles. The van der Waals surface area contributed by atoms with E-state index < -0.39 is 0 Å². The third-order valence-corrected chi connectivity index (χ3v) is 7.08. The van der Waals surface area contributed by atoms with Crippen molar-refractivity contribution in [1.29, 1.82) is 0 Å². The lowest BCUT2D eigenvalue weighted by atomic mass is 10.1. The van der Waals surface area contributed by atoms with E-state index in [0.717, 1.165) is 25.3 Å². The van der Waals surface area contributed by atoms with Crippen molar-refractivity contribution in [2.45, 2.75) is 38.3 Å². The molecular weight excluding hydrogens is 406 g/mol. The monoisotopic (exact) mass is 441 g/mol. The van der Waals surface area contributed by atoms with Gasteiger partial charge in [0, 0.05) is 43.6 Å². The molecule has 0 bridgehead atoms. The molecule has 3 aromatic carbocycles. The molecular formula is C29H35N3O. The van der Waals surface area contributed by atoms with Gasteiger partial charge >= 0.3 is 0 Å². The zero-order chi connectivity index (χ0) is 22.6. The van der Waals surface area contributed by atoms with E-state index >= 15 is 0 Å². The molecule has 33 heavy (non-hydrogen) atoms. The second-order valence-electron chi connectivity index (χ2n) is 9.49. The van der Waals surface area contributed by atoms with Gasteiger partial charge < -0.3 is 14.5 Å². The van der Waals surface area contributed by atoms with E-state index in [1.165, 1.54) is 54.0 Å². The van der Waals surface area contributed by atoms with Gasteiger partial charge in [-0.2, -0.15) is 0 Å². The first-order valence-electron chi connectivity index (χ1n) is 12.3. The highest BCUT2D eigenvalue weighted by atomic mass is 16.5. The first kappa shape index (κ1) is 21.8. The standard InChI is InChI=1S/C29H35N3O/c1-30(2)25-17-15-23(16-18-25)9-7-19-31-20-8-11-26(31)21-32-27-12-4-3-10-24(27)22-33-29-14-6-5-13-28(29)32/h3-6,10,12-18,26H,7-9,11,19-22H2,1-2H3/t26-/m1/s1. The number of anilines is 3. The molecule has 0 aromatic heterocycles. The summed E-state index contributed by atoms with van der Waals surface area (Å²) in [5.41, 5.74) is 6.44. The molecule has 0 spiro atoms. The highest BCUT2D eigenvalue weighted by Gasteiger charge is 2.29. The van der Waals surface area contributed by atoms with Crippen molar-refractivity contribution in [3.8, 4) is 5.75 Å². The molecule has 172 valence electrons. The Morgan fingerprint density at radius 1 is 0.909 bits per heavy atom. The molecule has 2 aliphatic heterocycles. The third kappa shape index (κ3) is 4.86. The maximum atomic E-state index is 6.18. The lowest BCUT2D eigenvalue weighted by Gasteiger charge is -2.32. The second kappa shape index (κ2) is 9.88. The summed E-state index contributed by atoms with van der Waals surface area (Å²) in [6, 6.07) is 26.8. The van der Waals surface area contributed by atoms with Crippen LogP contribution < -0.4 is 14.5 Å². The molecule has 1 saturated heterocycles. The molecule has 2 heterocycles. The summed E-state index contributed by atoms with van der Waals surface area (Å²) in [7, 11) is 4.19. The lowest BCUT2D eigenvalue weighted by Crippen LogP contribution is -2.39. The fourth-order valence-corrected chi connectivity index (χ4v) is 5.23. The average molecular weight is 442 g/mol. The summed E-state index contributed by atoms with van der Waals surface area (Å²) in [4.78, 5) is 7.37. The SMILES string of the molecule is CN(C)c1ccc(CCCN2CCC[C@@H]2CN2c3ccccc3COc3ccccc32)cc1. The van der Waals surface area contributed by atoms with Crippen LogP contribution in [0.1, 0.15) is 30.4 Å². The minimum Gasteiger partial charge on any atom is -0.487 e. The van der Waals surface area contributed by atoms with Gasteiger partial charge in [-0.05, 0) is 74.7 Å². The average Bonchev–Trinajstić information content (AvgIpc) is 3.22. The van der Waals surface area contributed by atoms with Crippen LogP contribution in [0.5, 0.6) is 5.75 Å². The summed E-state index contributed by atoms with van der Waals surface area (Å²) in [5.74, 6) is 0.986. The van der Waals surface area contributed by atoms with Gasteiger partial charge in [-0.3, -0.25) is 4.90 Å². The van der Waals surface area contributed by atoms with Crippen molar-refractivity contribution in [3.63, 3.8) is 0 Å². The normalized spacial score (nSPS) is 17.8. The maximum Gasteiger partial charge on any atom is 0.143 e. The van der Waals surface area contributed by atoms with Gasteiger partial charge in [0.05, 0.1) is 5.69 Å². The van der Waals surface area contributed by atoms with Crippen molar-refractivity contribution in [3.05, 3.63) is 83.9 Å². The summed E-state index contributed by atoms with van der Waals surface area (Å²) in [5, 5.41) is 0. The van der Waals surface area contributed by atoms with Gasteiger partial charge in [0.25, 0.3) is 0 Å². The Bertz CT molecular complexity index is 1010. The fraction of sp³-hybridized carbons (Fsp3) is 0.379. The van der Waals surface area contributed by atoms with Crippen molar-refractivity contribution in [2.24, 2.45) is 0 Å². The highest BCUT2D eigenvalue weighted by molar-refractivity contribution is 5.72. The molecule has 3 aromatic rings. The predicted molar refractivity (Wildman–Crippen MR) is 138 cm³/mol. The minimum atomic E-state index is 0.570. The zero-order valence-electron chi connectivity index (χ0n) is 19.9. The van der Waals surface area contributed by atoms with Crippen LogP contribution in [0.15, 0.2) is 72.8 Å². The zero-order valence-corrected chi connectivity index (χ0v) is 19.9. The van der Waals surface area contributed by atoms with Crippen LogP contribution in [0.4, 0.5) is 17.1 Å². The first-order valence-corrected chi connectivity index (χ1v) is 12.3. The molecule has 0 radical (unpaired) electrons. The summed E-state index contributed by atoms with van der Waals surface area (Å²) < 4.78 is 6.18. The topological polar surface area (TPSA) is 19.0 Å². The number of aryl methyl sites for hydroxylation is 1. The minimum absolute atomic E-state index is 0.570. The smallest absolute Gasteiger partial charge is 0.143 e. The van der Waals surface area contributed by atoms with Crippen molar-refractivity contribution < 1.29 is 4.74 Å². The molecule has 0 saturated carbocycles. The van der Waals surface area contributed by atoms with Crippen LogP contribution in [0.3, 0.4) is 0 Å². The van der Waals surface area contributed by atoms with Crippen LogP contribution in [0, 0.1) is 0 Å². The Balaban J connectivity index is 1.27. The molecule has 4 nitrogen and oxygen atoms in total. The van der Waals surface area contributed by atoms with Gasteiger partial charge in [-0.15, -0.1) is 0 Å². The maximum absolute atomic E-state index is 6.18. The number of hydrogen-bond donors (Lipinski definition) is 0. The van der Waals surface area contributed by atoms with Crippen LogP contribution in [0.25, 0.3) is 0 Å². The van der Waals surface area contributed by atoms with Crippen molar-refractivity contribution >= 4 is 17.1 Å². The van der Waals surface area contributed by atoms with Gasteiger partial charge in [-0.1, -0.05) is 42.5 Å². The largest absolute Gasteiger partial charge is 0.487 e. The van der Waals surface area contributed by atoms with E-state index in [1.807, 2.05) is 0 Å². The van der Waals surface area contributed by atoms with Gasteiger partial charge in [0.2, 0.25) is 0 Å². The number of para-hydroxylation sites is 3. The van der Waals surface area contributed by atoms with E-state index in [4.69, 9.17) is 4.74 Å². The number of nitrogens with zero attached hydrogens (tertiary/aromatic N) is 3. The lowest BCUT2D eigenvalue weighted by molar-refractivity contribution is 0.255. The van der Waals surface area contributed by atoms with Crippen LogP contribution >= 0.6 is 0 Å². The summed E-state index contributed by atoms with van der Waals surface area (Å²) in [6.45, 7) is 4.01. The van der Waals surface area contributed by atoms with Crippen molar-refractivity contribution in [1.82, 2.24) is 4.90 Å². The van der Waals surface area contributed by atoms with Gasteiger partial charge in [0.1, 0.15) is 12.4 Å². The van der Waals surface area contributed by atoms with E-state index in [9.17, 15) is 0 Å². The Labute approximate surface area is 198 Å². The molecule has 1 fully saturated rings. The van der Waals surface area contributed by atoms with Gasteiger partial charge in [-0.25, -0.2) is 0 Å². The Morgan fingerprint density at radius 3 is 2.48 bits per heavy atom. The number of rotatable bonds is 7. The van der Waals surface area contributed by atoms with E-state index in [-0.39, 0.29) is 0 Å². The summed E-state index contributed by atoms with van der Waals surface area (Å²) >= 11 is 0. The van der Waals surface area contributed by atoms with E-state index in [1.54, 1.807) is 0 Å². The Morgan fingerprint density at radius 2 is 1.67 bits per heavy atom. The summed E-state index contributed by atoms with van der Waals surface area (Å²) in [6.07, 6.45) is 4.89. The molecule has 5 rings (SSSR count). The number of ether oxygens (including phenoxy) is 1.